The second-order valence-electron chi connectivity index (χ2n) is 15.3. The van der Waals surface area contributed by atoms with Crippen LogP contribution < -0.4 is 5.73 Å². The van der Waals surface area contributed by atoms with Crippen molar-refractivity contribution in [1.29, 1.82) is 5.26 Å². The Bertz CT molecular complexity index is 3500. The van der Waals surface area contributed by atoms with Gasteiger partial charge in [0.15, 0.2) is 0 Å². The summed E-state index contributed by atoms with van der Waals surface area (Å²) in [4.78, 5) is 0. The van der Waals surface area contributed by atoms with Crippen LogP contribution in [0.2, 0.25) is 0 Å². The fourth-order valence-electron chi connectivity index (χ4n) is 9.28. The summed E-state index contributed by atoms with van der Waals surface area (Å²) in [7, 11) is 0. The summed E-state index contributed by atoms with van der Waals surface area (Å²) in [6.07, 6.45) is 0. The number of hydrogen-bond donors (Lipinski definition) is 1. The summed E-state index contributed by atoms with van der Waals surface area (Å²) >= 11 is 3.69. The van der Waals surface area contributed by atoms with Crippen LogP contribution in [0.3, 0.4) is 0 Å². The van der Waals surface area contributed by atoms with Crippen molar-refractivity contribution in [2.45, 2.75) is 26.3 Å². The molecule has 1 atom stereocenters. The Morgan fingerprint density at radius 1 is 0.586 bits per heavy atom. The van der Waals surface area contributed by atoms with Gasteiger partial charge in [-0.25, -0.2) is 0 Å². The molecule has 0 fully saturated rings. The minimum absolute atomic E-state index is 0.157. The standard InChI is InChI=1S/C53H37N3S2/c1-31-9-3-4-12-39(31)41-14-7-10-36(29-54)52(41)32(2)33-17-21-48-43(25-33)44-26-34(18-22-49(44)57-48)35-19-23-50-45(27-35)46-28-38(20-24-51(46)58-50)56-47-16-6-5-13-40(47)42-15-8-11-37(30-55)53(42)56/h3-28,32H,29,54H2,1-2H3. The number of benzene rings is 8. The predicted octanol–water partition coefficient (Wildman–Crippen LogP) is 14.6. The van der Waals surface area contributed by atoms with Gasteiger partial charge in [-0.2, -0.15) is 5.26 Å². The van der Waals surface area contributed by atoms with Crippen molar-refractivity contribution in [3.8, 4) is 34.0 Å². The van der Waals surface area contributed by atoms with Gasteiger partial charge >= 0.3 is 0 Å². The van der Waals surface area contributed by atoms with Gasteiger partial charge in [-0.1, -0.05) is 97.9 Å². The first-order chi connectivity index (χ1) is 28.5. The number of aromatic nitrogens is 1. The van der Waals surface area contributed by atoms with Crippen molar-refractivity contribution in [3.05, 3.63) is 186 Å². The molecule has 3 heterocycles. The van der Waals surface area contributed by atoms with E-state index in [2.05, 4.69) is 170 Å². The first kappa shape index (κ1) is 34.7. The first-order valence-corrected chi connectivity index (χ1v) is 21.4. The van der Waals surface area contributed by atoms with Crippen molar-refractivity contribution in [2.75, 3.05) is 0 Å². The molecule has 0 spiro atoms. The first-order valence-electron chi connectivity index (χ1n) is 19.7. The van der Waals surface area contributed by atoms with Crippen LogP contribution in [0.1, 0.15) is 40.7 Å². The summed E-state index contributed by atoms with van der Waals surface area (Å²) in [6, 6.07) is 59.8. The zero-order valence-electron chi connectivity index (χ0n) is 32.1. The van der Waals surface area contributed by atoms with Crippen molar-refractivity contribution in [2.24, 2.45) is 5.73 Å². The molecule has 58 heavy (non-hydrogen) atoms. The third-order valence-corrected chi connectivity index (χ3v) is 14.4. The molecule has 0 aliphatic heterocycles. The predicted molar refractivity (Wildman–Crippen MR) is 249 cm³/mol. The quantitative estimate of drug-likeness (QED) is 0.183. The second kappa shape index (κ2) is 13.5. The highest BCUT2D eigenvalue weighted by Crippen LogP contribution is 2.43. The molecule has 0 aliphatic carbocycles. The van der Waals surface area contributed by atoms with Crippen molar-refractivity contribution >= 4 is 84.8 Å². The SMILES string of the molecule is Cc1ccccc1-c1cccc(CN)c1C(C)c1ccc2sc3ccc(-c4ccc5sc6ccc(-n7c8ccccc8c8cccc(C#N)c87)cc6c5c4)cc3c2c1. The van der Waals surface area contributed by atoms with Crippen molar-refractivity contribution in [3.63, 3.8) is 0 Å². The third-order valence-electron chi connectivity index (χ3n) is 12.1. The van der Waals surface area contributed by atoms with Gasteiger partial charge < -0.3 is 10.3 Å². The molecular weight excluding hydrogens is 743 g/mol. The maximum Gasteiger partial charge on any atom is 0.101 e. The molecule has 276 valence electrons. The lowest BCUT2D eigenvalue weighted by molar-refractivity contribution is 0.890. The van der Waals surface area contributed by atoms with Crippen LogP contribution in [0, 0.1) is 18.3 Å². The van der Waals surface area contributed by atoms with Crippen molar-refractivity contribution < 1.29 is 0 Å². The van der Waals surface area contributed by atoms with E-state index in [0.717, 1.165) is 27.5 Å². The number of para-hydroxylation sites is 2. The molecule has 0 saturated carbocycles. The van der Waals surface area contributed by atoms with E-state index in [1.165, 1.54) is 84.9 Å². The van der Waals surface area contributed by atoms with E-state index in [0.29, 0.717) is 12.1 Å². The topological polar surface area (TPSA) is 54.7 Å². The molecular formula is C53H37N3S2. The molecule has 3 aromatic heterocycles. The minimum atomic E-state index is 0.157. The lowest BCUT2D eigenvalue weighted by Crippen LogP contribution is -2.08. The summed E-state index contributed by atoms with van der Waals surface area (Å²) in [6.45, 7) is 5.02. The Balaban J connectivity index is 1.02. The summed E-state index contributed by atoms with van der Waals surface area (Å²) in [5, 5.41) is 17.5. The van der Waals surface area contributed by atoms with Crippen LogP contribution in [0.5, 0.6) is 0 Å². The largest absolute Gasteiger partial charge is 0.326 e. The van der Waals surface area contributed by atoms with Crippen LogP contribution in [0.25, 0.3) is 90.1 Å². The Kier molecular flexibility index (Phi) is 8.10. The van der Waals surface area contributed by atoms with Crippen LogP contribution in [-0.4, -0.2) is 4.57 Å². The zero-order chi connectivity index (χ0) is 39.1. The third kappa shape index (κ3) is 5.34. The van der Waals surface area contributed by atoms with Gasteiger partial charge in [0.25, 0.3) is 0 Å². The maximum absolute atomic E-state index is 10.2. The van der Waals surface area contributed by atoms with E-state index in [9.17, 15) is 5.26 Å². The lowest BCUT2D eigenvalue weighted by Gasteiger charge is -2.22. The molecule has 0 aliphatic rings. The fraction of sp³-hybridized carbons (Fsp3) is 0.0755. The number of thiophene rings is 2. The van der Waals surface area contributed by atoms with Gasteiger partial charge in [-0.3, -0.25) is 0 Å². The Labute approximate surface area is 344 Å². The summed E-state index contributed by atoms with van der Waals surface area (Å²) in [5.74, 6) is 0.157. The lowest BCUT2D eigenvalue weighted by atomic mass is 9.82. The van der Waals surface area contributed by atoms with E-state index >= 15 is 0 Å². The van der Waals surface area contributed by atoms with Crippen LogP contribution >= 0.6 is 22.7 Å². The number of nitrogens with two attached hydrogens (primary N) is 1. The summed E-state index contributed by atoms with van der Waals surface area (Å²) in [5.41, 5.74) is 20.2. The maximum atomic E-state index is 10.2. The Hall–Kier alpha value is -6.55. The molecule has 3 nitrogen and oxygen atoms in total. The van der Waals surface area contributed by atoms with E-state index in [1.54, 1.807) is 0 Å². The molecule has 0 radical (unpaired) electrons. The van der Waals surface area contributed by atoms with Crippen molar-refractivity contribution in [1.82, 2.24) is 4.57 Å². The van der Waals surface area contributed by atoms with Gasteiger partial charge in [-0.15, -0.1) is 22.7 Å². The fourth-order valence-corrected chi connectivity index (χ4v) is 11.4. The van der Waals surface area contributed by atoms with Gasteiger partial charge in [0.1, 0.15) is 6.07 Å². The number of aryl methyl sites for hydroxylation is 1. The molecule has 11 rings (SSSR count). The number of rotatable bonds is 6. The average Bonchev–Trinajstić information content (AvgIpc) is 3.94. The van der Waals surface area contributed by atoms with E-state index < -0.39 is 0 Å². The highest BCUT2D eigenvalue weighted by molar-refractivity contribution is 7.26. The highest BCUT2D eigenvalue weighted by Gasteiger charge is 2.21. The monoisotopic (exact) mass is 779 g/mol. The molecule has 0 bridgehead atoms. The number of nitrogens with zero attached hydrogens (tertiary/aromatic N) is 2. The van der Waals surface area contributed by atoms with Gasteiger partial charge in [-0.05, 0) is 118 Å². The second-order valence-corrected chi connectivity index (χ2v) is 17.5. The highest BCUT2D eigenvalue weighted by atomic mass is 32.1. The smallest absolute Gasteiger partial charge is 0.101 e. The molecule has 11 aromatic rings. The molecule has 8 aromatic carbocycles. The van der Waals surface area contributed by atoms with E-state index in [1.807, 2.05) is 34.8 Å². The number of nitriles is 1. The van der Waals surface area contributed by atoms with Crippen LogP contribution in [-0.2, 0) is 6.54 Å². The Morgan fingerprint density at radius 3 is 1.91 bits per heavy atom. The molecule has 1 unspecified atom stereocenters. The van der Waals surface area contributed by atoms with Gasteiger partial charge in [0.2, 0.25) is 0 Å². The molecule has 0 saturated heterocycles. The van der Waals surface area contributed by atoms with Gasteiger partial charge in [0, 0.05) is 69.3 Å². The Morgan fingerprint density at radius 2 is 1.19 bits per heavy atom. The number of fused-ring (bicyclic) bond motifs is 9. The van der Waals surface area contributed by atoms with Gasteiger partial charge in [0.05, 0.1) is 16.6 Å². The molecule has 2 N–H and O–H groups in total. The summed E-state index contributed by atoms with van der Waals surface area (Å²) < 4.78 is 7.37. The molecule has 5 heteroatoms. The normalized spacial score (nSPS) is 12.4. The van der Waals surface area contributed by atoms with Crippen LogP contribution in [0.15, 0.2) is 158 Å². The van der Waals surface area contributed by atoms with Crippen LogP contribution in [0.4, 0.5) is 0 Å². The molecule has 0 amide bonds. The van der Waals surface area contributed by atoms with E-state index in [-0.39, 0.29) is 5.92 Å². The number of hydrogen-bond acceptors (Lipinski definition) is 4. The van der Waals surface area contributed by atoms with E-state index in [4.69, 9.17) is 5.73 Å². The zero-order valence-corrected chi connectivity index (χ0v) is 33.7. The minimum Gasteiger partial charge on any atom is -0.326 e. The average molecular weight is 780 g/mol.